The normalized spacial score (nSPS) is 12.5. The highest BCUT2D eigenvalue weighted by atomic mass is 16.5. The van der Waals surface area contributed by atoms with Crippen LogP contribution in [0.3, 0.4) is 0 Å². The maximum Gasteiger partial charge on any atom is 0.306 e. The Kier molecular flexibility index (Phi) is 4.06. The van der Waals surface area contributed by atoms with Crippen molar-refractivity contribution in [2.45, 2.75) is 12.8 Å². The number of carbonyl (C=O) groups is 1. The smallest absolute Gasteiger partial charge is 0.306 e. The zero-order valence-electron chi connectivity index (χ0n) is 10.8. The predicted octanol–water partition coefficient (Wildman–Crippen LogP) is 1.77. The van der Waals surface area contributed by atoms with Gasteiger partial charge in [-0.05, 0) is 37.1 Å². The van der Waals surface area contributed by atoms with Crippen molar-refractivity contribution in [3.63, 3.8) is 0 Å². The van der Waals surface area contributed by atoms with Gasteiger partial charge >= 0.3 is 5.97 Å². The minimum atomic E-state index is -0.798. The Morgan fingerprint density at radius 1 is 1.53 bits per heavy atom. The number of ether oxygens (including phenoxy) is 1. The van der Waals surface area contributed by atoms with Gasteiger partial charge in [0.2, 0.25) is 0 Å². The van der Waals surface area contributed by atoms with Crippen molar-refractivity contribution >= 4 is 16.9 Å². The first-order valence-corrected chi connectivity index (χ1v) is 6.22. The number of aromatic amines is 1. The fourth-order valence-electron chi connectivity index (χ4n) is 2.24. The molecule has 2 rings (SSSR count). The highest BCUT2D eigenvalue weighted by Gasteiger charge is 2.18. The molecule has 0 aliphatic rings. The van der Waals surface area contributed by atoms with Crippen LogP contribution in [0.4, 0.5) is 0 Å². The van der Waals surface area contributed by atoms with Crippen molar-refractivity contribution in [3.8, 4) is 5.75 Å². The zero-order chi connectivity index (χ0) is 13.8. The maximum atomic E-state index is 11.2. The average Bonchev–Trinajstić information content (AvgIpc) is 2.80. The molecule has 0 fully saturated rings. The first-order chi connectivity index (χ1) is 9.15. The monoisotopic (exact) mass is 262 g/mol. The second-order valence-corrected chi connectivity index (χ2v) is 4.54. The molecule has 1 aromatic heterocycles. The van der Waals surface area contributed by atoms with E-state index in [1.54, 1.807) is 7.11 Å². The molecule has 0 saturated heterocycles. The lowest BCUT2D eigenvalue weighted by molar-refractivity contribution is -0.141. The van der Waals surface area contributed by atoms with E-state index >= 15 is 0 Å². The summed E-state index contributed by atoms with van der Waals surface area (Å²) in [7, 11) is 1.62. The summed E-state index contributed by atoms with van der Waals surface area (Å²) >= 11 is 0. The van der Waals surface area contributed by atoms with Crippen LogP contribution < -0.4 is 10.5 Å². The molecule has 2 aromatic rings. The number of methoxy groups -OCH3 is 1. The van der Waals surface area contributed by atoms with Gasteiger partial charge in [0.15, 0.2) is 0 Å². The number of carboxylic acids is 1. The Morgan fingerprint density at radius 2 is 2.32 bits per heavy atom. The largest absolute Gasteiger partial charge is 0.497 e. The van der Waals surface area contributed by atoms with Crippen LogP contribution in [0.5, 0.6) is 5.75 Å². The molecule has 1 aromatic carbocycles. The van der Waals surface area contributed by atoms with Gasteiger partial charge < -0.3 is 20.6 Å². The minimum absolute atomic E-state index is 0.382. The highest BCUT2D eigenvalue weighted by molar-refractivity contribution is 5.85. The van der Waals surface area contributed by atoms with Crippen molar-refractivity contribution in [2.24, 2.45) is 11.7 Å². The van der Waals surface area contributed by atoms with Crippen LogP contribution in [-0.2, 0) is 11.2 Å². The molecule has 1 unspecified atom stereocenters. The minimum Gasteiger partial charge on any atom is -0.497 e. The van der Waals surface area contributed by atoms with Crippen molar-refractivity contribution in [1.29, 1.82) is 0 Å². The van der Waals surface area contributed by atoms with Crippen LogP contribution >= 0.6 is 0 Å². The number of nitrogens with two attached hydrogens (primary N) is 1. The van der Waals surface area contributed by atoms with Gasteiger partial charge in [-0.3, -0.25) is 4.79 Å². The lowest BCUT2D eigenvalue weighted by Crippen LogP contribution is -2.20. The number of nitrogens with one attached hydrogen (secondary N) is 1. The number of benzene rings is 1. The van der Waals surface area contributed by atoms with Crippen LogP contribution in [0.15, 0.2) is 24.4 Å². The van der Waals surface area contributed by atoms with E-state index in [1.807, 2.05) is 24.4 Å². The molecule has 1 heterocycles. The summed E-state index contributed by atoms with van der Waals surface area (Å²) in [5.74, 6) is -0.461. The fraction of sp³-hybridized carbons (Fsp3) is 0.357. The molecule has 4 N–H and O–H groups in total. The summed E-state index contributed by atoms with van der Waals surface area (Å²) in [4.78, 5) is 14.3. The molecule has 0 bridgehead atoms. The highest BCUT2D eigenvalue weighted by Crippen LogP contribution is 2.25. The molecule has 102 valence electrons. The Bertz CT molecular complexity index is 577. The van der Waals surface area contributed by atoms with Crippen molar-refractivity contribution in [3.05, 3.63) is 30.0 Å². The number of H-pyrrole nitrogens is 1. The topological polar surface area (TPSA) is 88.3 Å². The third kappa shape index (κ3) is 2.88. The second-order valence-electron chi connectivity index (χ2n) is 4.54. The standard InChI is InChI=1S/C14H18N2O3/c1-19-11-2-3-12-10(8-16-13(12)7-11)6-9(4-5-15)14(17)18/h2-3,7-9,16H,4-6,15H2,1H3,(H,17,18). The summed E-state index contributed by atoms with van der Waals surface area (Å²) in [6.45, 7) is 0.382. The molecule has 5 nitrogen and oxygen atoms in total. The van der Waals surface area contributed by atoms with Crippen LogP contribution in [-0.4, -0.2) is 29.7 Å². The predicted molar refractivity (Wildman–Crippen MR) is 73.4 cm³/mol. The molecular formula is C14H18N2O3. The first-order valence-electron chi connectivity index (χ1n) is 6.22. The molecule has 1 atom stereocenters. The van der Waals surface area contributed by atoms with E-state index in [9.17, 15) is 9.90 Å². The van der Waals surface area contributed by atoms with E-state index in [0.717, 1.165) is 22.2 Å². The Labute approximate surface area is 111 Å². The van der Waals surface area contributed by atoms with Gasteiger partial charge in [0.25, 0.3) is 0 Å². The molecule has 0 spiro atoms. The van der Waals surface area contributed by atoms with Crippen molar-refractivity contribution in [1.82, 2.24) is 4.98 Å². The summed E-state index contributed by atoms with van der Waals surface area (Å²) < 4.78 is 5.16. The number of hydrogen-bond donors (Lipinski definition) is 3. The number of hydrogen-bond acceptors (Lipinski definition) is 3. The number of aliphatic carboxylic acids is 1. The van der Waals surface area contributed by atoms with Crippen molar-refractivity contribution in [2.75, 3.05) is 13.7 Å². The van der Waals surface area contributed by atoms with Crippen LogP contribution in [0, 0.1) is 5.92 Å². The maximum absolute atomic E-state index is 11.2. The molecule has 0 aliphatic carbocycles. The number of carboxylic acid groups (broad SMARTS) is 1. The third-order valence-corrected chi connectivity index (χ3v) is 3.31. The van der Waals surface area contributed by atoms with Crippen molar-refractivity contribution < 1.29 is 14.6 Å². The van der Waals surface area contributed by atoms with Gasteiger partial charge in [-0.1, -0.05) is 0 Å². The summed E-state index contributed by atoms with van der Waals surface area (Å²) in [5, 5.41) is 10.2. The quantitative estimate of drug-likeness (QED) is 0.740. The van der Waals surface area contributed by atoms with E-state index in [0.29, 0.717) is 19.4 Å². The molecule has 0 amide bonds. The van der Waals surface area contributed by atoms with E-state index < -0.39 is 11.9 Å². The van der Waals surface area contributed by atoms with Gasteiger partial charge in [0.1, 0.15) is 5.75 Å². The van der Waals surface area contributed by atoms with Crippen LogP contribution in [0.25, 0.3) is 10.9 Å². The van der Waals surface area contributed by atoms with Gasteiger partial charge in [-0.2, -0.15) is 0 Å². The molecular weight excluding hydrogens is 244 g/mol. The summed E-state index contributed by atoms with van der Waals surface area (Å²) in [6.07, 6.45) is 2.83. The summed E-state index contributed by atoms with van der Waals surface area (Å²) in [6, 6.07) is 5.72. The molecule has 0 saturated carbocycles. The van der Waals surface area contributed by atoms with Crippen LogP contribution in [0.1, 0.15) is 12.0 Å². The molecule has 19 heavy (non-hydrogen) atoms. The Morgan fingerprint density at radius 3 is 2.95 bits per heavy atom. The van der Waals surface area contributed by atoms with E-state index in [-0.39, 0.29) is 0 Å². The zero-order valence-corrected chi connectivity index (χ0v) is 10.8. The van der Waals surface area contributed by atoms with E-state index in [1.165, 1.54) is 0 Å². The summed E-state index contributed by atoms with van der Waals surface area (Å²) in [5.41, 5.74) is 7.41. The second kappa shape index (κ2) is 5.75. The van der Waals surface area contributed by atoms with E-state index in [2.05, 4.69) is 4.98 Å². The first kappa shape index (κ1) is 13.4. The lowest BCUT2D eigenvalue weighted by Gasteiger charge is -2.10. The Hall–Kier alpha value is -2.01. The molecule has 5 heteroatoms. The van der Waals surface area contributed by atoms with Gasteiger partial charge in [0.05, 0.1) is 13.0 Å². The molecule has 0 aliphatic heterocycles. The SMILES string of the molecule is COc1ccc2c(CC(CCN)C(=O)O)c[nH]c2c1. The number of rotatable bonds is 6. The average molecular weight is 262 g/mol. The van der Waals surface area contributed by atoms with Crippen LogP contribution in [0.2, 0.25) is 0 Å². The fourth-order valence-corrected chi connectivity index (χ4v) is 2.24. The van der Waals surface area contributed by atoms with Gasteiger partial charge in [-0.25, -0.2) is 0 Å². The van der Waals surface area contributed by atoms with Gasteiger partial charge in [0, 0.05) is 23.2 Å². The van der Waals surface area contributed by atoms with Gasteiger partial charge in [-0.15, -0.1) is 0 Å². The lowest BCUT2D eigenvalue weighted by atomic mass is 9.96. The Balaban J connectivity index is 2.27. The van der Waals surface area contributed by atoms with E-state index in [4.69, 9.17) is 10.5 Å². The third-order valence-electron chi connectivity index (χ3n) is 3.31. The number of fused-ring (bicyclic) bond motifs is 1. The number of aromatic nitrogens is 1. The molecule has 0 radical (unpaired) electrons.